The van der Waals surface area contributed by atoms with Crippen molar-refractivity contribution in [2.45, 2.75) is 25.7 Å². The summed E-state index contributed by atoms with van der Waals surface area (Å²) in [5.41, 5.74) is 2.55. The quantitative estimate of drug-likeness (QED) is 0.213. The Bertz CT molecular complexity index is 888. The maximum Gasteiger partial charge on any atom is 0.161 e. The van der Waals surface area contributed by atoms with Crippen LogP contribution < -0.4 is 18.9 Å². The number of ether oxygens (including phenoxy) is 4. The number of hydrogen-bond donors (Lipinski definition) is 0. The molecule has 0 saturated heterocycles. The zero-order valence-corrected chi connectivity index (χ0v) is 26.4. The van der Waals surface area contributed by atoms with Crippen LogP contribution in [0.15, 0.2) is 36.4 Å². The highest BCUT2D eigenvalue weighted by Gasteiger charge is 2.10. The largest absolute Gasteiger partial charge is 0.488 e. The molecular weight excluding hydrogens is 504 g/mol. The molecular formula is C32H54N4O4. The molecule has 0 spiro atoms. The van der Waals surface area contributed by atoms with E-state index in [0.717, 1.165) is 74.9 Å². The molecule has 2 rings (SSSR count). The molecule has 0 aromatic heterocycles. The maximum atomic E-state index is 6.12. The summed E-state index contributed by atoms with van der Waals surface area (Å²) in [6.07, 6.45) is 4.19. The van der Waals surface area contributed by atoms with E-state index in [1.807, 2.05) is 0 Å². The molecule has 0 aliphatic heterocycles. The minimum atomic E-state index is 0.633. The van der Waals surface area contributed by atoms with Crippen LogP contribution >= 0.6 is 0 Å². The number of nitrogens with zero attached hydrogens (tertiary/aromatic N) is 4. The van der Waals surface area contributed by atoms with E-state index in [1.165, 1.54) is 11.1 Å². The van der Waals surface area contributed by atoms with Gasteiger partial charge in [0.15, 0.2) is 23.0 Å². The molecule has 8 nitrogen and oxygen atoms in total. The van der Waals surface area contributed by atoms with Crippen molar-refractivity contribution in [1.82, 2.24) is 19.6 Å². The second-order valence-corrected chi connectivity index (χ2v) is 11.4. The van der Waals surface area contributed by atoms with Crippen LogP contribution in [0.2, 0.25) is 0 Å². The molecule has 2 aromatic rings. The van der Waals surface area contributed by atoms with Gasteiger partial charge in [-0.15, -0.1) is 0 Å². The Hall–Kier alpha value is -2.52. The van der Waals surface area contributed by atoms with Gasteiger partial charge in [0.2, 0.25) is 0 Å². The van der Waals surface area contributed by atoms with Crippen LogP contribution in [0.25, 0.3) is 0 Å². The van der Waals surface area contributed by atoms with E-state index in [-0.39, 0.29) is 0 Å². The number of benzene rings is 2. The molecule has 0 aliphatic carbocycles. The van der Waals surface area contributed by atoms with Gasteiger partial charge in [0.25, 0.3) is 0 Å². The lowest BCUT2D eigenvalue weighted by molar-refractivity contribution is 0.227. The highest BCUT2D eigenvalue weighted by atomic mass is 16.5. The van der Waals surface area contributed by atoms with Gasteiger partial charge in [-0.3, -0.25) is 0 Å². The Morgan fingerprint density at radius 2 is 0.725 bits per heavy atom. The molecule has 0 aliphatic rings. The number of unbranched alkanes of at least 4 members (excludes halogenated alkanes) is 1. The molecule has 0 radical (unpaired) electrons. The summed E-state index contributed by atoms with van der Waals surface area (Å²) in [4.78, 5) is 8.48. The van der Waals surface area contributed by atoms with Crippen LogP contribution in [-0.4, -0.2) is 129 Å². The van der Waals surface area contributed by atoms with Gasteiger partial charge in [0.05, 0.1) is 0 Å². The third-order valence-electron chi connectivity index (χ3n) is 6.38. The molecule has 40 heavy (non-hydrogen) atoms. The van der Waals surface area contributed by atoms with E-state index in [2.05, 4.69) is 112 Å². The Morgan fingerprint density at radius 3 is 1.02 bits per heavy atom. The van der Waals surface area contributed by atoms with E-state index in [9.17, 15) is 0 Å². The molecule has 0 unspecified atom stereocenters. The predicted octanol–water partition coefficient (Wildman–Crippen LogP) is 4.01. The normalized spacial score (nSPS) is 11.6. The lowest BCUT2D eigenvalue weighted by Crippen LogP contribution is -2.21. The molecule has 2 aromatic carbocycles. The number of hydrogen-bond acceptors (Lipinski definition) is 8. The smallest absolute Gasteiger partial charge is 0.161 e. The predicted molar refractivity (Wildman–Crippen MR) is 166 cm³/mol. The van der Waals surface area contributed by atoms with Crippen molar-refractivity contribution in [2.24, 2.45) is 0 Å². The van der Waals surface area contributed by atoms with Crippen LogP contribution in [0.1, 0.15) is 24.0 Å². The summed E-state index contributed by atoms with van der Waals surface area (Å²) < 4.78 is 24.3. The van der Waals surface area contributed by atoms with Crippen molar-refractivity contribution in [3.8, 4) is 23.0 Å². The van der Waals surface area contributed by atoms with Gasteiger partial charge >= 0.3 is 0 Å². The fraction of sp³-hybridized carbons (Fsp3) is 0.625. The van der Waals surface area contributed by atoms with Gasteiger partial charge in [-0.1, -0.05) is 12.1 Å². The molecule has 8 heteroatoms. The Labute approximate surface area is 243 Å². The molecule has 0 N–H and O–H groups in total. The zero-order valence-electron chi connectivity index (χ0n) is 26.4. The highest BCUT2D eigenvalue weighted by Crippen LogP contribution is 2.31. The first kappa shape index (κ1) is 33.7. The molecule has 0 bridgehead atoms. The topological polar surface area (TPSA) is 49.9 Å². The SMILES string of the molecule is CN(C)CCOc1ccc(CCCCc2ccc(OCCN(C)C)c(OCCN(C)C)c2)cc1OCCN(C)C. The fourth-order valence-corrected chi connectivity index (χ4v) is 3.89. The van der Waals surface area contributed by atoms with Gasteiger partial charge < -0.3 is 38.5 Å². The average molecular weight is 559 g/mol. The molecule has 0 atom stereocenters. The summed E-state index contributed by atoms with van der Waals surface area (Å²) in [5.74, 6) is 3.31. The second kappa shape index (κ2) is 18.8. The first-order valence-corrected chi connectivity index (χ1v) is 14.5. The van der Waals surface area contributed by atoms with Crippen LogP contribution in [0.5, 0.6) is 23.0 Å². The van der Waals surface area contributed by atoms with Gasteiger partial charge in [0.1, 0.15) is 26.4 Å². The zero-order chi connectivity index (χ0) is 29.3. The van der Waals surface area contributed by atoms with Crippen molar-refractivity contribution in [2.75, 3.05) is 109 Å². The Kier molecular flexibility index (Phi) is 15.8. The van der Waals surface area contributed by atoms with Gasteiger partial charge in [-0.05, 0) is 117 Å². The van der Waals surface area contributed by atoms with Gasteiger partial charge in [0, 0.05) is 26.2 Å². The Morgan fingerprint density at radius 1 is 0.425 bits per heavy atom. The maximum absolute atomic E-state index is 6.12. The van der Waals surface area contributed by atoms with Gasteiger partial charge in [-0.2, -0.15) is 0 Å². The van der Waals surface area contributed by atoms with E-state index in [1.54, 1.807) is 0 Å². The molecule has 0 saturated carbocycles. The minimum absolute atomic E-state index is 0.633. The summed E-state index contributed by atoms with van der Waals surface area (Å²) in [6.45, 7) is 5.99. The Balaban J connectivity index is 1.95. The van der Waals surface area contributed by atoms with Crippen LogP contribution in [0, 0.1) is 0 Å². The lowest BCUT2D eigenvalue weighted by atomic mass is 10.0. The molecule has 0 fully saturated rings. The number of likely N-dealkylation sites (N-methyl/N-ethyl adjacent to an activating group) is 4. The van der Waals surface area contributed by atoms with Crippen LogP contribution in [0.3, 0.4) is 0 Å². The molecule has 0 amide bonds. The van der Waals surface area contributed by atoms with E-state index in [0.29, 0.717) is 26.4 Å². The monoisotopic (exact) mass is 558 g/mol. The first-order chi connectivity index (χ1) is 19.1. The summed E-state index contributed by atoms with van der Waals surface area (Å²) in [7, 11) is 16.4. The summed E-state index contributed by atoms with van der Waals surface area (Å²) in [5, 5.41) is 0. The fourth-order valence-electron chi connectivity index (χ4n) is 3.89. The molecule has 226 valence electrons. The van der Waals surface area contributed by atoms with Crippen molar-refractivity contribution < 1.29 is 18.9 Å². The number of aryl methyl sites for hydroxylation is 2. The van der Waals surface area contributed by atoms with Crippen LogP contribution in [-0.2, 0) is 12.8 Å². The van der Waals surface area contributed by atoms with E-state index < -0.39 is 0 Å². The standard InChI is InChI=1S/C32H54N4O4/c1-33(2)17-21-37-29-15-13-27(25-31(29)39-23-19-35(5)6)11-9-10-12-28-14-16-30(38-22-18-34(3)4)32(26-28)40-24-20-36(7)8/h13-16,25-26H,9-12,17-24H2,1-8H3. The summed E-state index contributed by atoms with van der Waals surface area (Å²) in [6, 6.07) is 12.7. The van der Waals surface area contributed by atoms with Crippen molar-refractivity contribution >= 4 is 0 Å². The van der Waals surface area contributed by atoms with Crippen molar-refractivity contribution in [3.05, 3.63) is 47.5 Å². The highest BCUT2D eigenvalue weighted by molar-refractivity contribution is 5.44. The minimum Gasteiger partial charge on any atom is -0.488 e. The third-order valence-corrected chi connectivity index (χ3v) is 6.38. The van der Waals surface area contributed by atoms with E-state index >= 15 is 0 Å². The first-order valence-electron chi connectivity index (χ1n) is 14.5. The van der Waals surface area contributed by atoms with Crippen LogP contribution in [0.4, 0.5) is 0 Å². The molecule has 0 heterocycles. The van der Waals surface area contributed by atoms with Gasteiger partial charge in [-0.25, -0.2) is 0 Å². The third kappa shape index (κ3) is 14.2. The average Bonchev–Trinajstić information content (AvgIpc) is 2.88. The van der Waals surface area contributed by atoms with Crippen molar-refractivity contribution in [1.29, 1.82) is 0 Å². The second-order valence-electron chi connectivity index (χ2n) is 11.4. The van der Waals surface area contributed by atoms with E-state index in [4.69, 9.17) is 18.9 Å². The van der Waals surface area contributed by atoms with Crippen molar-refractivity contribution in [3.63, 3.8) is 0 Å². The lowest BCUT2D eigenvalue weighted by Gasteiger charge is -2.17. The summed E-state index contributed by atoms with van der Waals surface area (Å²) >= 11 is 0. The number of rotatable bonds is 21.